The van der Waals surface area contributed by atoms with E-state index in [-0.39, 0.29) is 10.7 Å². The monoisotopic (exact) mass is 272 g/mol. The zero-order valence-corrected chi connectivity index (χ0v) is 10.5. The first kappa shape index (κ1) is 13.1. The minimum Gasteiger partial charge on any atom is -0.303 e. The maximum absolute atomic E-state index is 10.7. The summed E-state index contributed by atoms with van der Waals surface area (Å²) in [7, 11) is 0. The van der Waals surface area contributed by atoms with Gasteiger partial charge in [0, 0.05) is 17.2 Å². The summed E-state index contributed by atoms with van der Waals surface area (Å²) in [6.45, 7) is 7.29. The van der Waals surface area contributed by atoms with Crippen molar-refractivity contribution in [1.29, 1.82) is 0 Å². The molecule has 0 heterocycles. The first-order chi connectivity index (χ1) is 9.13. The number of hydrogen-bond donors (Lipinski definition) is 0. The first-order valence-corrected chi connectivity index (χ1v) is 5.86. The van der Waals surface area contributed by atoms with Gasteiger partial charge in [-0.2, -0.15) is 0 Å². The van der Waals surface area contributed by atoms with Crippen LogP contribution in [0.25, 0.3) is 4.85 Å². The van der Waals surface area contributed by atoms with Gasteiger partial charge >= 0.3 is 0 Å². The number of benzene rings is 2. The summed E-state index contributed by atoms with van der Waals surface area (Å²) < 4.78 is 0. The van der Waals surface area contributed by atoms with Crippen molar-refractivity contribution in [2.75, 3.05) is 0 Å². The predicted octanol–water partition coefficient (Wildman–Crippen LogP) is 4.26. The number of nitrogens with zero attached hydrogens (tertiary/aromatic N) is 2. The van der Waals surface area contributed by atoms with Crippen LogP contribution in [0.5, 0.6) is 0 Å². The minimum absolute atomic E-state index is 0.0482. The largest absolute Gasteiger partial charge is 0.303 e. The lowest BCUT2D eigenvalue weighted by atomic mass is 9.99. The van der Waals surface area contributed by atoms with E-state index in [4.69, 9.17) is 18.2 Å². The normalized spacial score (nSPS) is 11.6. The fourth-order valence-corrected chi connectivity index (χ4v) is 2.08. The average molecular weight is 273 g/mol. The van der Waals surface area contributed by atoms with E-state index in [1.165, 1.54) is 12.1 Å². The molecule has 5 heteroatoms. The highest BCUT2D eigenvalue weighted by Crippen LogP contribution is 2.32. The third kappa shape index (κ3) is 2.72. The molecule has 0 saturated carbocycles. The molecule has 2 rings (SSSR count). The zero-order chi connectivity index (χ0) is 13.8. The van der Waals surface area contributed by atoms with Crippen LogP contribution in [-0.4, -0.2) is 4.92 Å². The molecule has 0 amide bonds. The smallest absolute Gasteiger partial charge is 0.287 e. The molecule has 0 N–H and O–H groups in total. The van der Waals surface area contributed by atoms with E-state index in [0.29, 0.717) is 5.56 Å². The lowest BCUT2D eigenvalue weighted by molar-refractivity contribution is -0.384. The fraction of sp³-hybridized carbons (Fsp3) is 0.0714. The van der Waals surface area contributed by atoms with Gasteiger partial charge in [0.25, 0.3) is 11.7 Å². The Morgan fingerprint density at radius 2 is 1.84 bits per heavy atom. The van der Waals surface area contributed by atoms with Gasteiger partial charge in [-0.3, -0.25) is 10.1 Å². The molecule has 0 spiro atoms. The van der Waals surface area contributed by atoms with Crippen molar-refractivity contribution < 1.29 is 4.92 Å². The van der Waals surface area contributed by atoms with Crippen molar-refractivity contribution >= 4 is 17.3 Å². The maximum atomic E-state index is 10.7. The van der Waals surface area contributed by atoms with Crippen LogP contribution in [0.4, 0.5) is 5.69 Å². The molecule has 0 aliphatic rings. The van der Waals surface area contributed by atoms with E-state index in [2.05, 4.69) is 4.85 Å². The Labute approximate surface area is 115 Å². The second-order valence-electron chi connectivity index (χ2n) is 3.91. The van der Waals surface area contributed by atoms with Crippen molar-refractivity contribution in [3.05, 3.63) is 86.2 Å². The van der Waals surface area contributed by atoms with Crippen molar-refractivity contribution in [3.63, 3.8) is 0 Å². The number of rotatable bonds is 3. The summed E-state index contributed by atoms with van der Waals surface area (Å²) in [6.07, 6.45) is 0. The van der Waals surface area contributed by atoms with Crippen LogP contribution >= 0.6 is 11.6 Å². The van der Waals surface area contributed by atoms with Gasteiger partial charge in [-0.1, -0.05) is 41.9 Å². The highest BCUT2D eigenvalue weighted by atomic mass is 35.5. The SMILES string of the molecule is [C-]#[N+]C(c1ccccc1)c1ccc([N+](=O)[O-])c(Cl)c1. The quantitative estimate of drug-likeness (QED) is 0.476. The molecule has 0 aliphatic carbocycles. The Bertz CT molecular complexity index is 650. The second kappa shape index (κ2) is 5.51. The molecule has 0 radical (unpaired) electrons. The summed E-state index contributed by atoms with van der Waals surface area (Å²) in [5, 5.41) is 10.8. The van der Waals surface area contributed by atoms with Crippen molar-refractivity contribution in [3.8, 4) is 0 Å². The van der Waals surface area contributed by atoms with E-state index in [1.807, 2.05) is 30.3 Å². The van der Waals surface area contributed by atoms with Crippen LogP contribution in [0, 0.1) is 16.7 Å². The highest BCUT2D eigenvalue weighted by Gasteiger charge is 2.21. The molecule has 0 saturated heterocycles. The lowest BCUT2D eigenvalue weighted by Crippen LogP contribution is -1.97. The molecule has 4 nitrogen and oxygen atoms in total. The van der Waals surface area contributed by atoms with Gasteiger partial charge in [0.2, 0.25) is 0 Å². The summed E-state index contributed by atoms with van der Waals surface area (Å²) in [5.41, 5.74) is 1.33. The second-order valence-corrected chi connectivity index (χ2v) is 4.32. The van der Waals surface area contributed by atoms with E-state index < -0.39 is 11.0 Å². The molecule has 0 aromatic heterocycles. The summed E-state index contributed by atoms with van der Waals surface area (Å²) in [6, 6.07) is 13.1. The molecule has 1 atom stereocenters. The maximum Gasteiger partial charge on any atom is 0.287 e. The van der Waals surface area contributed by atoms with Gasteiger partial charge < -0.3 is 4.85 Å². The van der Waals surface area contributed by atoms with Crippen molar-refractivity contribution in [2.24, 2.45) is 0 Å². The van der Waals surface area contributed by atoms with Crippen LogP contribution < -0.4 is 0 Å². The van der Waals surface area contributed by atoms with Crippen LogP contribution in [0.3, 0.4) is 0 Å². The third-order valence-electron chi connectivity index (χ3n) is 2.73. The minimum atomic E-state index is -0.540. The summed E-state index contributed by atoms with van der Waals surface area (Å²) in [4.78, 5) is 13.7. The Hall–Kier alpha value is -2.38. The van der Waals surface area contributed by atoms with Gasteiger partial charge in [0.05, 0.1) is 4.92 Å². The zero-order valence-electron chi connectivity index (χ0n) is 9.79. The van der Waals surface area contributed by atoms with Crippen molar-refractivity contribution in [2.45, 2.75) is 6.04 Å². The fourth-order valence-electron chi connectivity index (χ4n) is 1.82. The van der Waals surface area contributed by atoms with Crippen molar-refractivity contribution in [1.82, 2.24) is 0 Å². The molecule has 94 valence electrons. The van der Waals surface area contributed by atoms with Crippen LogP contribution in [0.1, 0.15) is 17.2 Å². The highest BCUT2D eigenvalue weighted by molar-refractivity contribution is 6.32. The van der Waals surface area contributed by atoms with E-state index >= 15 is 0 Å². The van der Waals surface area contributed by atoms with Gasteiger partial charge in [-0.05, 0) is 12.1 Å². The number of halogens is 1. The Kier molecular flexibility index (Phi) is 3.79. The number of hydrogen-bond acceptors (Lipinski definition) is 2. The molecule has 0 fully saturated rings. The molecule has 2 aromatic rings. The summed E-state index contributed by atoms with van der Waals surface area (Å²) in [5.74, 6) is 0. The van der Waals surface area contributed by atoms with Crippen LogP contribution in [0.15, 0.2) is 48.5 Å². The number of nitro benzene ring substituents is 1. The van der Waals surface area contributed by atoms with Gasteiger partial charge in [-0.15, -0.1) is 0 Å². The molecule has 1 unspecified atom stereocenters. The van der Waals surface area contributed by atoms with E-state index in [9.17, 15) is 10.1 Å². The number of nitro groups is 1. The molecular formula is C14H9ClN2O2. The average Bonchev–Trinajstić information content (AvgIpc) is 2.40. The summed E-state index contributed by atoms with van der Waals surface area (Å²) >= 11 is 5.87. The standard InChI is InChI=1S/C14H9ClN2O2/c1-16-14(10-5-3-2-4-6-10)11-7-8-13(17(18)19)12(15)9-11/h2-9,14H. The topological polar surface area (TPSA) is 47.5 Å². The van der Waals surface area contributed by atoms with E-state index in [0.717, 1.165) is 5.56 Å². The van der Waals surface area contributed by atoms with E-state index in [1.54, 1.807) is 6.07 Å². The first-order valence-electron chi connectivity index (χ1n) is 5.49. The molecule has 0 aliphatic heterocycles. The Morgan fingerprint density at radius 1 is 1.16 bits per heavy atom. The third-order valence-corrected chi connectivity index (χ3v) is 3.03. The molecule has 2 aromatic carbocycles. The predicted molar refractivity (Wildman–Crippen MR) is 73.0 cm³/mol. The van der Waals surface area contributed by atoms with Crippen LogP contribution in [0.2, 0.25) is 5.02 Å². The van der Waals surface area contributed by atoms with Crippen LogP contribution in [-0.2, 0) is 0 Å². The van der Waals surface area contributed by atoms with Gasteiger partial charge in [0.1, 0.15) is 5.02 Å². The molecule has 0 bridgehead atoms. The lowest BCUT2D eigenvalue weighted by Gasteiger charge is -2.06. The van der Waals surface area contributed by atoms with Gasteiger partial charge in [0.15, 0.2) is 0 Å². The molecular weight excluding hydrogens is 264 g/mol. The Morgan fingerprint density at radius 3 is 2.37 bits per heavy atom. The molecule has 19 heavy (non-hydrogen) atoms. The Balaban J connectivity index is 2.44. The van der Waals surface area contributed by atoms with Gasteiger partial charge in [-0.25, -0.2) is 6.57 Å².